The van der Waals surface area contributed by atoms with Crippen LogP contribution in [0, 0.1) is 0 Å². The first-order valence-corrected chi connectivity index (χ1v) is 5.61. The van der Waals surface area contributed by atoms with Crippen LogP contribution < -0.4 is 21.9 Å². The fourth-order valence-corrected chi connectivity index (χ4v) is 2.43. The van der Waals surface area contributed by atoms with E-state index in [0.717, 1.165) is 12.8 Å². The van der Waals surface area contributed by atoms with Crippen molar-refractivity contribution in [1.82, 2.24) is 0 Å². The molecule has 0 spiro atoms. The highest BCUT2D eigenvalue weighted by molar-refractivity contribution is 5.72. The maximum absolute atomic E-state index is 11.3. The van der Waals surface area contributed by atoms with Crippen molar-refractivity contribution in [3.05, 3.63) is 55.8 Å². The highest BCUT2D eigenvalue weighted by Crippen LogP contribution is 2.33. The summed E-state index contributed by atoms with van der Waals surface area (Å²) in [6.45, 7) is 0. The Bertz CT molecular complexity index is 654. The van der Waals surface area contributed by atoms with Crippen LogP contribution in [-0.2, 0) is 6.42 Å². The number of hydrogen-bond donors (Lipinski definition) is 2. The molecule has 3 rings (SSSR count). The fraction of sp³-hybridized carbons (Fsp3) is 0.231. The topological polar surface area (TPSA) is 72.2 Å². The van der Waals surface area contributed by atoms with Gasteiger partial charge in [-0.15, -0.1) is 0 Å². The summed E-state index contributed by atoms with van der Waals surface area (Å²) in [4.78, 5) is 22.3. The van der Waals surface area contributed by atoms with Crippen molar-refractivity contribution >= 4 is 11.4 Å². The van der Waals surface area contributed by atoms with Gasteiger partial charge in [-0.25, -0.2) is 0 Å². The van der Waals surface area contributed by atoms with E-state index in [1.807, 2.05) is 18.2 Å². The fourth-order valence-electron chi connectivity index (χ4n) is 2.43. The minimum absolute atomic E-state index is 0.0689. The third-order valence-electron chi connectivity index (χ3n) is 3.40. The molecule has 1 unspecified atom stereocenters. The summed E-state index contributed by atoms with van der Waals surface area (Å²) in [5.41, 5.74) is 7.28. The molecule has 1 aliphatic carbocycles. The van der Waals surface area contributed by atoms with E-state index in [1.54, 1.807) is 0 Å². The molecule has 0 fully saturated rings. The Morgan fingerprint density at radius 2 is 1.94 bits per heavy atom. The van der Waals surface area contributed by atoms with Crippen molar-refractivity contribution in [2.24, 2.45) is 0 Å². The zero-order valence-corrected chi connectivity index (χ0v) is 9.19. The van der Waals surface area contributed by atoms with Crippen molar-refractivity contribution in [2.45, 2.75) is 18.9 Å². The van der Waals surface area contributed by atoms with E-state index in [0.29, 0.717) is 0 Å². The van der Waals surface area contributed by atoms with Crippen molar-refractivity contribution in [2.75, 3.05) is 11.1 Å². The van der Waals surface area contributed by atoms with Crippen LogP contribution in [0.4, 0.5) is 11.4 Å². The van der Waals surface area contributed by atoms with Crippen molar-refractivity contribution in [3.8, 4) is 0 Å². The van der Waals surface area contributed by atoms with Gasteiger partial charge in [-0.3, -0.25) is 9.59 Å². The molecule has 4 nitrogen and oxygen atoms in total. The van der Waals surface area contributed by atoms with Crippen LogP contribution in [0.25, 0.3) is 0 Å². The maximum atomic E-state index is 11.3. The van der Waals surface area contributed by atoms with Crippen molar-refractivity contribution < 1.29 is 0 Å². The Kier molecular flexibility index (Phi) is 2.04. The number of rotatable bonds is 2. The highest BCUT2D eigenvalue weighted by Gasteiger charge is 2.26. The molecule has 0 saturated carbocycles. The molecule has 4 heteroatoms. The predicted octanol–water partition coefficient (Wildman–Crippen LogP) is 0.964. The van der Waals surface area contributed by atoms with Crippen molar-refractivity contribution in [1.29, 1.82) is 0 Å². The summed E-state index contributed by atoms with van der Waals surface area (Å²) in [5.74, 6) is 0. The molecule has 0 aliphatic heterocycles. The number of hydrogen-bond acceptors (Lipinski definition) is 4. The Labute approximate surface area is 97.8 Å². The lowest BCUT2D eigenvalue weighted by atomic mass is 10.1. The highest BCUT2D eigenvalue weighted by atomic mass is 16.2. The predicted molar refractivity (Wildman–Crippen MR) is 66.9 cm³/mol. The molecule has 0 amide bonds. The van der Waals surface area contributed by atoms with E-state index in [4.69, 9.17) is 5.73 Å². The smallest absolute Gasteiger partial charge is 0.253 e. The van der Waals surface area contributed by atoms with Gasteiger partial charge in [0.05, 0.1) is 6.04 Å². The average Bonchev–Trinajstić information content (AvgIpc) is 2.78. The molecule has 1 atom stereocenters. The quantitative estimate of drug-likeness (QED) is 0.751. The SMILES string of the molecule is Nc1c(NC2CCc3ccccc32)c(=O)c1=O. The lowest BCUT2D eigenvalue weighted by Gasteiger charge is -2.17. The second-order valence-electron chi connectivity index (χ2n) is 4.38. The number of anilines is 2. The van der Waals surface area contributed by atoms with E-state index >= 15 is 0 Å². The molecule has 2 aromatic carbocycles. The average molecular weight is 228 g/mol. The maximum Gasteiger partial charge on any atom is 0.253 e. The molecular weight excluding hydrogens is 216 g/mol. The van der Waals surface area contributed by atoms with E-state index in [2.05, 4.69) is 11.4 Å². The minimum Gasteiger partial charge on any atom is -0.394 e. The first-order chi connectivity index (χ1) is 8.18. The molecule has 0 radical (unpaired) electrons. The van der Waals surface area contributed by atoms with Gasteiger partial charge in [0.1, 0.15) is 11.4 Å². The molecule has 0 aromatic heterocycles. The third-order valence-corrected chi connectivity index (χ3v) is 3.40. The van der Waals surface area contributed by atoms with Crippen LogP contribution in [0.15, 0.2) is 33.9 Å². The molecule has 0 heterocycles. The first-order valence-electron chi connectivity index (χ1n) is 5.61. The lowest BCUT2D eigenvalue weighted by molar-refractivity contribution is 0.760. The second kappa shape index (κ2) is 3.45. The molecular formula is C13H12N2O2. The second-order valence-corrected chi connectivity index (χ2v) is 4.38. The molecule has 17 heavy (non-hydrogen) atoms. The van der Waals surface area contributed by atoms with Gasteiger partial charge in [0.15, 0.2) is 0 Å². The Morgan fingerprint density at radius 3 is 2.71 bits per heavy atom. The summed E-state index contributed by atoms with van der Waals surface area (Å²) in [6.07, 6.45) is 1.92. The van der Waals surface area contributed by atoms with Gasteiger partial charge in [-0.05, 0) is 24.0 Å². The van der Waals surface area contributed by atoms with Crippen LogP contribution in [0.5, 0.6) is 0 Å². The van der Waals surface area contributed by atoms with Gasteiger partial charge in [0.2, 0.25) is 0 Å². The van der Waals surface area contributed by atoms with Crippen LogP contribution in [0.1, 0.15) is 23.6 Å². The Balaban J connectivity index is 1.90. The van der Waals surface area contributed by atoms with Gasteiger partial charge in [-0.1, -0.05) is 24.3 Å². The number of benzene rings is 1. The summed E-state index contributed by atoms with van der Waals surface area (Å²) in [5, 5.41) is 3.09. The normalized spacial score (nSPS) is 18.2. The van der Waals surface area contributed by atoms with Crippen LogP contribution >= 0.6 is 0 Å². The molecule has 2 aromatic rings. The third kappa shape index (κ3) is 1.37. The van der Waals surface area contributed by atoms with Gasteiger partial charge in [0, 0.05) is 0 Å². The number of nitrogen functional groups attached to an aromatic ring is 1. The van der Waals surface area contributed by atoms with Crippen LogP contribution in [0.3, 0.4) is 0 Å². The Morgan fingerprint density at radius 1 is 1.18 bits per heavy atom. The van der Waals surface area contributed by atoms with Gasteiger partial charge < -0.3 is 11.1 Å². The zero-order chi connectivity index (χ0) is 12.0. The van der Waals surface area contributed by atoms with Crippen LogP contribution in [0.2, 0.25) is 0 Å². The lowest BCUT2D eigenvalue weighted by Crippen LogP contribution is -2.37. The standard InChI is InChI=1S/C13H12N2O2/c14-10-11(13(17)12(10)16)15-9-6-5-7-3-1-2-4-8(7)9/h1-4,9,15H,5-6,14H2. The number of fused-ring (bicyclic) bond motifs is 1. The number of nitrogens with two attached hydrogens (primary N) is 1. The first kappa shape index (κ1) is 10.1. The summed E-state index contributed by atoms with van der Waals surface area (Å²) in [6, 6.07) is 8.21. The van der Waals surface area contributed by atoms with Gasteiger partial charge in [-0.2, -0.15) is 0 Å². The van der Waals surface area contributed by atoms with E-state index in [9.17, 15) is 9.59 Å². The Hall–Kier alpha value is -2.10. The summed E-state index contributed by atoms with van der Waals surface area (Å²) >= 11 is 0. The summed E-state index contributed by atoms with van der Waals surface area (Å²) in [7, 11) is 0. The molecule has 0 bridgehead atoms. The number of nitrogens with one attached hydrogen (secondary N) is 1. The van der Waals surface area contributed by atoms with Crippen LogP contribution in [-0.4, -0.2) is 0 Å². The van der Waals surface area contributed by atoms with E-state index in [-0.39, 0.29) is 17.4 Å². The van der Waals surface area contributed by atoms with E-state index in [1.165, 1.54) is 11.1 Å². The molecule has 86 valence electrons. The largest absolute Gasteiger partial charge is 0.394 e. The number of aryl methyl sites for hydroxylation is 1. The molecule has 3 N–H and O–H groups in total. The van der Waals surface area contributed by atoms with Gasteiger partial charge >= 0.3 is 0 Å². The van der Waals surface area contributed by atoms with Crippen molar-refractivity contribution in [3.63, 3.8) is 0 Å². The van der Waals surface area contributed by atoms with E-state index < -0.39 is 10.9 Å². The monoisotopic (exact) mass is 228 g/mol. The summed E-state index contributed by atoms with van der Waals surface area (Å²) < 4.78 is 0. The molecule has 0 saturated heterocycles. The minimum atomic E-state index is -0.571. The zero-order valence-electron chi connectivity index (χ0n) is 9.19. The van der Waals surface area contributed by atoms with Gasteiger partial charge in [0.25, 0.3) is 10.9 Å². The molecule has 1 aliphatic rings.